The minimum Gasteiger partial charge on any atom is -0.396 e. The summed E-state index contributed by atoms with van der Waals surface area (Å²) in [5.74, 6) is -0.429. The topological polar surface area (TPSA) is 52.6 Å². The molecule has 1 aromatic rings. The molecule has 0 aliphatic carbocycles. The fraction of sp³-hybridized carbons (Fsp3) is 0.588. The minimum absolute atomic E-state index is 0.0192. The van der Waals surface area contributed by atoms with Crippen LogP contribution in [0.2, 0.25) is 0 Å². The summed E-state index contributed by atoms with van der Waals surface area (Å²) in [7, 11) is 0. The molecule has 0 saturated carbocycles. The van der Waals surface area contributed by atoms with Crippen LogP contribution in [0.15, 0.2) is 18.2 Å². The van der Waals surface area contributed by atoms with Crippen LogP contribution in [0.3, 0.4) is 0 Å². The lowest BCUT2D eigenvalue weighted by molar-refractivity contribution is 0.0916. The molecular formula is C17H25FN2O2. The third-order valence-electron chi connectivity index (χ3n) is 4.22. The molecule has 1 amide bonds. The van der Waals surface area contributed by atoms with Gasteiger partial charge in [0.1, 0.15) is 5.82 Å². The Morgan fingerprint density at radius 1 is 1.36 bits per heavy atom. The van der Waals surface area contributed by atoms with Gasteiger partial charge in [-0.15, -0.1) is 0 Å². The number of carbonyl (C=O) groups is 1. The zero-order valence-electron chi connectivity index (χ0n) is 13.3. The number of benzene rings is 1. The highest BCUT2D eigenvalue weighted by Crippen LogP contribution is 2.24. The molecule has 4 nitrogen and oxygen atoms in total. The molecule has 0 radical (unpaired) electrons. The zero-order chi connectivity index (χ0) is 16.1. The van der Waals surface area contributed by atoms with Crippen molar-refractivity contribution in [3.8, 4) is 0 Å². The highest BCUT2D eigenvalue weighted by Gasteiger charge is 2.20. The minimum atomic E-state index is -0.349. The third kappa shape index (κ3) is 3.97. The predicted octanol–water partition coefficient (Wildman–Crippen LogP) is 2.56. The highest BCUT2D eigenvalue weighted by atomic mass is 19.1. The van der Waals surface area contributed by atoms with Crippen molar-refractivity contribution >= 4 is 11.6 Å². The molecule has 1 atom stereocenters. The zero-order valence-corrected chi connectivity index (χ0v) is 13.3. The van der Waals surface area contributed by atoms with E-state index in [0.29, 0.717) is 17.7 Å². The Labute approximate surface area is 131 Å². The number of hydrogen-bond acceptors (Lipinski definition) is 3. The van der Waals surface area contributed by atoms with Crippen LogP contribution < -0.4 is 10.2 Å². The number of aliphatic hydroxyl groups excluding tert-OH is 1. The summed E-state index contributed by atoms with van der Waals surface area (Å²) < 4.78 is 14.2. The Bertz CT molecular complexity index is 513. The standard InChI is InChI=1S/C17H25FN2O2/c1-12(2)15(7-10-21)19-17(22)13-5-6-16(14(18)11-13)20-8-3-4-9-20/h5-6,11-12,15,21H,3-4,7-10H2,1-2H3,(H,19,22). The second kappa shape index (κ2) is 7.58. The van der Waals surface area contributed by atoms with Crippen LogP contribution in [0.1, 0.15) is 43.5 Å². The van der Waals surface area contributed by atoms with Crippen molar-refractivity contribution in [1.29, 1.82) is 0 Å². The van der Waals surface area contributed by atoms with Crippen molar-refractivity contribution in [2.24, 2.45) is 5.92 Å². The largest absolute Gasteiger partial charge is 0.396 e. The SMILES string of the molecule is CC(C)C(CCO)NC(=O)c1ccc(N2CCCC2)c(F)c1. The molecule has 1 fully saturated rings. The van der Waals surface area contributed by atoms with E-state index in [1.54, 1.807) is 12.1 Å². The molecule has 5 heteroatoms. The maximum atomic E-state index is 14.2. The predicted molar refractivity (Wildman–Crippen MR) is 85.6 cm³/mol. The summed E-state index contributed by atoms with van der Waals surface area (Å²) in [4.78, 5) is 14.3. The van der Waals surface area contributed by atoms with Gasteiger partial charge in [-0.3, -0.25) is 4.79 Å². The highest BCUT2D eigenvalue weighted by molar-refractivity contribution is 5.94. The Morgan fingerprint density at radius 2 is 2.05 bits per heavy atom. The third-order valence-corrected chi connectivity index (χ3v) is 4.22. The second-order valence-corrected chi connectivity index (χ2v) is 6.20. The van der Waals surface area contributed by atoms with E-state index in [2.05, 4.69) is 5.32 Å². The van der Waals surface area contributed by atoms with Crippen molar-refractivity contribution in [3.05, 3.63) is 29.6 Å². The first-order chi connectivity index (χ1) is 10.5. The van der Waals surface area contributed by atoms with Gasteiger partial charge in [-0.2, -0.15) is 0 Å². The molecule has 1 aliphatic rings. The van der Waals surface area contributed by atoms with Crippen LogP contribution in [-0.2, 0) is 0 Å². The monoisotopic (exact) mass is 308 g/mol. The fourth-order valence-electron chi connectivity index (χ4n) is 2.83. The van der Waals surface area contributed by atoms with E-state index in [1.165, 1.54) is 6.07 Å². The molecule has 2 rings (SSSR count). The first-order valence-corrected chi connectivity index (χ1v) is 7.99. The fourth-order valence-corrected chi connectivity index (χ4v) is 2.83. The number of nitrogens with zero attached hydrogens (tertiary/aromatic N) is 1. The van der Waals surface area contributed by atoms with Crippen LogP contribution >= 0.6 is 0 Å². The number of anilines is 1. The molecule has 1 unspecified atom stereocenters. The van der Waals surface area contributed by atoms with Crippen LogP contribution in [0.5, 0.6) is 0 Å². The smallest absolute Gasteiger partial charge is 0.251 e. The van der Waals surface area contributed by atoms with Crippen molar-refractivity contribution in [2.75, 3.05) is 24.6 Å². The van der Waals surface area contributed by atoms with E-state index >= 15 is 0 Å². The average Bonchev–Trinajstić information content (AvgIpc) is 3.00. The van der Waals surface area contributed by atoms with Crippen LogP contribution in [0.4, 0.5) is 10.1 Å². The van der Waals surface area contributed by atoms with E-state index < -0.39 is 0 Å². The van der Waals surface area contributed by atoms with E-state index in [4.69, 9.17) is 5.11 Å². The van der Waals surface area contributed by atoms with Gasteiger partial charge in [0.05, 0.1) is 5.69 Å². The molecule has 1 saturated heterocycles. The number of hydrogen-bond donors (Lipinski definition) is 2. The molecule has 2 N–H and O–H groups in total. The summed E-state index contributed by atoms with van der Waals surface area (Å²) in [5, 5.41) is 11.9. The molecule has 22 heavy (non-hydrogen) atoms. The average molecular weight is 308 g/mol. The normalized spacial score (nSPS) is 16.1. The molecule has 1 aromatic carbocycles. The van der Waals surface area contributed by atoms with Gasteiger partial charge in [-0.25, -0.2) is 4.39 Å². The van der Waals surface area contributed by atoms with Crippen LogP contribution in [0.25, 0.3) is 0 Å². The summed E-state index contributed by atoms with van der Waals surface area (Å²) >= 11 is 0. The van der Waals surface area contributed by atoms with Gasteiger partial charge in [-0.05, 0) is 43.4 Å². The van der Waals surface area contributed by atoms with Crippen molar-refractivity contribution in [3.63, 3.8) is 0 Å². The van der Waals surface area contributed by atoms with Gasteiger partial charge in [0, 0.05) is 31.3 Å². The quantitative estimate of drug-likeness (QED) is 0.849. The first kappa shape index (κ1) is 16.7. The number of amides is 1. The van der Waals surface area contributed by atoms with Gasteiger partial charge in [0.2, 0.25) is 0 Å². The molecule has 122 valence electrons. The van der Waals surface area contributed by atoms with E-state index in [9.17, 15) is 9.18 Å². The lowest BCUT2D eigenvalue weighted by atomic mass is 10.0. The van der Waals surface area contributed by atoms with Crippen LogP contribution in [-0.4, -0.2) is 36.8 Å². The first-order valence-electron chi connectivity index (χ1n) is 7.99. The number of nitrogens with one attached hydrogen (secondary N) is 1. The number of carbonyl (C=O) groups excluding carboxylic acids is 1. The maximum Gasteiger partial charge on any atom is 0.251 e. The van der Waals surface area contributed by atoms with Crippen molar-refractivity contribution in [1.82, 2.24) is 5.32 Å². The van der Waals surface area contributed by atoms with E-state index in [-0.39, 0.29) is 30.3 Å². The summed E-state index contributed by atoms with van der Waals surface area (Å²) in [6.45, 7) is 5.73. The number of halogens is 1. The van der Waals surface area contributed by atoms with Gasteiger partial charge >= 0.3 is 0 Å². The Hall–Kier alpha value is -1.62. The Balaban J connectivity index is 2.08. The van der Waals surface area contributed by atoms with Crippen LogP contribution in [0, 0.1) is 11.7 Å². The van der Waals surface area contributed by atoms with Crippen molar-refractivity contribution < 1.29 is 14.3 Å². The number of rotatable bonds is 6. The molecule has 1 aliphatic heterocycles. The number of aliphatic hydroxyl groups is 1. The van der Waals surface area contributed by atoms with Gasteiger partial charge in [0.15, 0.2) is 0 Å². The Morgan fingerprint density at radius 3 is 2.59 bits per heavy atom. The van der Waals surface area contributed by atoms with Crippen molar-refractivity contribution in [2.45, 2.75) is 39.2 Å². The molecule has 0 aromatic heterocycles. The summed E-state index contributed by atoms with van der Waals surface area (Å²) in [6, 6.07) is 4.55. The maximum absolute atomic E-state index is 14.2. The van der Waals surface area contributed by atoms with Gasteiger partial charge < -0.3 is 15.3 Å². The summed E-state index contributed by atoms with van der Waals surface area (Å²) in [5.41, 5.74) is 0.897. The summed E-state index contributed by atoms with van der Waals surface area (Å²) in [6.07, 6.45) is 2.66. The Kier molecular flexibility index (Phi) is 5.77. The molecular weight excluding hydrogens is 283 g/mol. The lowest BCUT2D eigenvalue weighted by Gasteiger charge is -2.22. The van der Waals surface area contributed by atoms with Gasteiger partial charge in [0.25, 0.3) is 5.91 Å². The molecule has 0 bridgehead atoms. The lowest BCUT2D eigenvalue weighted by Crippen LogP contribution is -2.39. The van der Waals surface area contributed by atoms with E-state index in [1.807, 2.05) is 18.7 Å². The molecule has 1 heterocycles. The second-order valence-electron chi connectivity index (χ2n) is 6.20. The molecule has 0 spiro atoms. The van der Waals surface area contributed by atoms with E-state index in [0.717, 1.165) is 25.9 Å². The van der Waals surface area contributed by atoms with Gasteiger partial charge in [-0.1, -0.05) is 13.8 Å².